The van der Waals surface area contributed by atoms with Gasteiger partial charge in [-0.25, -0.2) is 0 Å². The molecule has 0 aromatic heterocycles. The largest absolute Gasteiger partial charge is 0.508 e. The number of phenols is 1. The van der Waals surface area contributed by atoms with Crippen molar-refractivity contribution in [2.75, 3.05) is 21.3 Å². The number of methoxy groups -OCH3 is 3. The Morgan fingerprint density at radius 3 is 2.24 bits per heavy atom. The SMILES string of the molecule is CCC(OC)c1cc(C(OC)OC)ccc1O. The molecule has 1 rings (SSSR count). The molecule has 4 heteroatoms. The third kappa shape index (κ3) is 3.19. The van der Waals surface area contributed by atoms with E-state index in [0.717, 1.165) is 17.5 Å². The van der Waals surface area contributed by atoms with E-state index >= 15 is 0 Å². The normalized spacial score (nSPS) is 13.0. The van der Waals surface area contributed by atoms with Gasteiger partial charge < -0.3 is 19.3 Å². The van der Waals surface area contributed by atoms with Crippen molar-refractivity contribution in [3.05, 3.63) is 29.3 Å². The van der Waals surface area contributed by atoms with Crippen molar-refractivity contribution in [1.82, 2.24) is 0 Å². The van der Waals surface area contributed by atoms with Gasteiger partial charge in [-0.2, -0.15) is 0 Å². The summed E-state index contributed by atoms with van der Waals surface area (Å²) in [4.78, 5) is 0. The van der Waals surface area contributed by atoms with Gasteiger partial charge in [-0.3, -0.25) is 0 Å². The molecule has 0 fully saturated rings. The van der Waals surface area contributed by atoms with Gasteiger partial charge in [0.05, 0.1) is 6.10 Å². The van der Waals surface area contributed by atoms with Crippen LogP contribution in [0.2, 0.25) is 0 Å². The van der Waals surface area contributed by atoms with Crippen LogP contribution in [0.4, 0.5) is 0 Å². The Hall–Kier alpha value is -1.10. The molecule has 0 aliphatic heterocycles. The van der Waals surface area contributed by atoms with E-state index < -0.39 is 6.29 Å². The topological polar surface area (TPSA) is 47.9 Å². The number of hydrogen-bond donors (Lipinski definition) is 1. The van der Waals surface area contributed by atoms with Crippen LogP contribution in [-0.4, -0.2) is 26.4 Å². The van der Waals surface area contributed by atoms with Gasteiger partial charge >= 0.3 is 0 Å². The zero-order valence-corrected chi connectivity index (χ0v) is 10.8. The van der Waals surface area contributed by atoms with Gasteiger partial charge in [0.25, 0.3) is 0 Å². The Morgan fingerprint density at radius 2 is 1.76 bits per heavy atom. The third-order valence-corrected chi connectivity index (χ3v) is 2.75. The van der Waals surface area contributed by atoms with E-state index in [1.54, 1.807) is 33.5 Å². The minimum absolute atomic E-state index is 0.121. The Morgan fingerprint density at radius 1 is 1.12 bits per heavy atom. The van der Waals surface area contributed by atoms with Crippen LogP contribution in [0.3, 0.4) is 0 Å². The molecule has 0 saturated carbocycles. The molecule has 0 aliphatic rings. The molecule has 1 unspecified atom stereocenters. The second-order valence-electron chi connectivity index (χ2n) is 3.75. The first-order valence-electron chi connectivity index (χ1n) is 5.59. The van der Waals surface area contributed by atoms with Crippen molar-refractivity contribution >= 4 is 0 Å². The molecule has 1 N–H and O–H groups in total. The zero-order valence-electron chi connectivity index (χ0n) is 10.8. The van der Waals surface area contributed by atoms with Crippen LogP contribution in [0.15, 0.2) is 18.2 Å². The Balaban J connectivity index is 3.09. The summed E-state index contributed by atoms with van der Waals surface area (Å²) >= 11 is 0. The fourth-order valence-electron chi connectivity index (χ4n) is 1.86. The lowest BCUT2D eigenvalue weighted by atomic mass is 10.0. The molecule has 1 aromatic carbocycles. The summed E-state index contributed by atoms with van der Waals surface area (Å²) in [5, 5.41) is 9.83. The summed E-state index contributed by atoms with van der Waals surface area (Å²) in [7, 11) is 4.78. The van der Waals surface area contributed by atoms with Gasteiger partial charge in [0.15, 0.2) is 6.29 Å². The summed E-state index contributed by atoms with van der Waals surface area (Å²) in [6.07, 6.45) is 0.242. The molecule has 0 bridgehead atoms. The predicted molar refractivity (Wildman–Crippen MR) is 64.9 cm³/mol. The van der Waals surface area contributed by atoms with E-state index in [0.29, 0.717) is 0 Å². The average Bonchev–Trinajstić information content (AvgIpc) is 2.35. The van der Waals surface area contributed by atoms with Crippen LogP contribution in [0.1, 0.15) is 36.9 Å². The highest BCUT2D eigenvalue weighted by Crippen LogP contribution is 2.32. The molecule has 0 heterocycles. The summed E-state index contributed by atoms with van der Waals surface area (Å²) < 4.78 is 15.7. The summed E-state index contributed by atoms with van der Waals surface area (Å²) in [5.74, 6) is 0.230. The smallest absolute Gasteiger partial charge is 0.183 e. The molecular formula is C13H20O4. The van der Waals surface area contributed by atoms with E-state index in [-0.39, 0.29) is 11.9 Å². The minimum atomic E-state index is -0.427. The second-order valence-corrected chi connectivity index (χ2v) is 3.75. The quantitative estimate of drug-likeness (QED) is 0.777. The molecule has 96 valence electrons. The van der Waals surface area contributed by atoms with Crippen LogP contribution in [0.5, 0.6) is 5.75 Å². The number of benzene rings is 1. The summed E-state index contributed by atoms with van der Waals surface area (Å²) in [5.41, 5.74) is 1.62. The maximum absolute atomic E-state index is 9.83. The third-order valence-electron chi connectivity index (χ3n) is 2.75. The van der Waals surface area contributed by atoms with E-state index in [9.17, 15) is 5.11 Å². The monoisotopic (exact) mass is 240 g/mol. The first-order chi connectivity index (χ1) is 8.17. The van der Waals surface area contributed by atoms with Crippen LogP contribution >= 0.6 is 0 Å². The fraction of sp³-hybridized carbons (Fsp3) is 0.538. The highest BCUT2D eigenvalue weighted by atomic mass is 16.7. The summed E-state index contributed by atoms with van der Waals surface area (Å²) in [6.45, 7) is 2.00. The van der Waals surface area contributed by atoms with Crippen molar-refractivity contribution in [2.45, 2.75) is 25.7 Å². The van der Waals surface area contributed by atoms with Gasteiger partial charge in [0.2, 0.25) is 0 Å². The van der Waals surface area contributed by atoms with Crippen LogP contribution < -0.4 is 0 Å². The molecule has 1 atom stereocenters. The van der Waals surface area contributed by atoms with E-state index in [1.807, 2.05) is 13.0 Å². The van der Waals surface area contributed by atoms with Crippen molar-refractivity contribution in [3.63, 3.8) is 0 Å². The first-order valence-corrected chi connectivity index (χ1v) is 5.59. The second kappa shape index (κ2) is 6.59. The van der Waals surface area contributed by atoms with E-state index in [2.05, 4.69) is 0 Å². The van der Waals surface area contributed by atoms with Gasteiger partial charge in [-0.15, -0.1) is 0 Å². The lowest BCUT2D eigenvalue weighted by Crippen LogP contribution is -2.06. The number of ether oxygens (including phenoxy) is 3. The zero-order chi connectivity index (χ0) is 12.8. The van der Waals surface area contributed by atoms with E-state index in [4.69, 9.17) is 14.2 Å². The molecular weight excluding hydrogens is 220 g/mol. The van der Waals surface area contributed by atoms with Crippen LogP contribution in [-0.2, 0) is 14.2 Å². The average molecular weight is 240 g/mol. The molecule has 17 heavy (non-hydrogen) atoms. The maximum Gasteiger partial charge on any atom is 0.183 e. The molecule has 0 aliphatic carbocycles. The van der Waals surface area contributed by atoms with Crippen molar-refractivity contribution in [1.29, 1.82) is 0 Å². The van der Waals surface area contributed by atoms with Gasteiger partial charge in [0.1, 0.15) is 5.75 Å². The lowest BCUT2D eigenvalue weighted by molar-refractivity contribution is -0.106. The van der Waals surface area contributed by atoms with Gasteiger partial charge in [-0.05, 0) is 18.6 Å². The minimum Gasteiger partial charge on any atom is -0.508 e. The summed E-state index contributed by atoms with van der Waals surface area (Å²) in [6, 6.07) is 5.26. The van der Waals surface area contributed by atoms with Gasteiger partial charge in [-0.1, -0.05) is 13.0 Å². The highest BCUT2D eigenvalue weighted by molar-refractivity contribution is 5.38. The van der Waals surface area contributed by atoms with Crippen molar-refractivity contribution in [2.24, 2.45) is 0 Å². The van der Waals surface area contributed by atoms with Crippen molar-refractivity contribution in [3.8, 4) is 5.75 Å². The lowest BCUT2D eigenvalue weighted by Gasteiger charge is -2.19. The number of rotatable bonds is 6. The fourth-order valence-corrected chi connectivity index (χ4v) is 1.86. The van der Waals surface area contributed by atoms with Crippen LogP contribution in [0, 0.1) is 0 Å². The molecule has 0 amide bonds. The molecule has 1 aromatic rings. The first kappa shape index (κ1) is 14.0. The highest BCUT2D eigenvalue weighted by Gasteiger charge is 2.16. The Bertz CT molecular complexity index is 343. The van der Waals surface area contributed by atoms with Gasteiger partial charge in [0, 0.05) is 32.5 Å². The molecule has 0 saturated heterocycles. The maximum atomic E-state index is 9.83. The Labute approximate surface area is 102 Å². The van der Waals surface area contributed by atoms with Crippen LogP contribution in [0.25, 0.3) is 0 Å². The molecule has 0 radical (unpaired) electrons. The number of hydrogen-bond acceptors (Lipinski definition) is 4. The molecule has 0 spiro atoms. The number of phenolic OH excluding ortho intramolecular Hbond substituents is 1. The number of aromatic hydroxyl groups is 1. The molecule has 4 nitrogen and oxygen atoms in total. The standard InChI is InChI=1S/C13H20O4/c1-5-12(15-2)10-8-9(6-7-11(10)14)13(16-3)17-4/h6-8,12-14H,5H2,1-4H3. The Kier molecular flexibility index (Phi) is 5.41. The van der Waals surface area contributed by atoms with E-state index in [1.165, 1.54) is 0 Å². The predicted octanol–water partition coefficient (Wildman–Crippen LogP) is 2.78. The van der Waals surface area contributed by atoms with Crippen molar-refractivity contribution < 1.29 is 19.3 Å².